The highest BCUT2D eigenvalue weighted by Gasteiger charge is 2.12. The summed E-state index contributed by atoms with van der Waals surface area (Å²) in [6.07, 6.45) is 4.74. The lowest BCUT2D eigenvalue weighted by Gasteiger charge is -2.12. The molecule has 3 rings (SSSR count). The molecule has 0 aliphatic rings. The topological polar surface area (TPSA) is 62.2 Å². The van der Waals surface area contributed by atoms with Gasteiger partial charge in [0.1, 0.15) is 29.2 Å². The van der Waals surface area contributed by atoms with E-state index in [1.807, 2.05) is 42.5 Å². The third kappa shape index (κ3) is 10.8. The molecule has 0 aliphatic heterocycles. The maximum Gasteiger partial charge on any atom is 0.213 e. The van der Waals surface area contributed by atoms with Gasteiger partial charge in [-0.05, 0) is 30.9 Å². The first-order chi connectivity index (χ1) is 18.8. The van der Waals surface area contributed by atoms with Crippen molar-refractivity contribution in [3.05, 3.63) is 92.5 Å². The Morgan fingerprint density at radius 3 is 2.21 bits per heavy atom. The van der Waals surface area contributed by atoms with Gasteiger partial charge in [0.25, 0.3) is 0 Å². The van der Waals surface area contributed by atoms with Gasteiger partial charge in [-0.3, -0.25) is 0 Å². The fraction of sp³-hybridized carbons (Fsp3) is 0.310. The standard InChI is InChI=1S/C29H30Cl4N2O4/c1-20(2)19-39-35-28(21-8-4-3-5-9-21)22-10-11-27(34-18-22)37-13-6-7-14-38-29-24(30)16-23(17-25(29)31)36-15-12-26(32)33/h3-5,8-12,16-18,20H,6-7,13-15,19H2,1-2H3. The number of benzene rings is 2. The minimum atomic E-state index is 0.123. The van der Waals surface area contributed by atoms with Crippen molar-refractivity contribution in [1.82, 2.24) is 4.98 Å². The number of hydrogen-bond acceptors (Lipinski definition) is 6. The Hall–Kier alpha value is -2.64. The molecule has 1 heterocycles. The molecule has 0 unspecified atom stereocenters. The molecule has 0 saturated heterocycles. The van der Waals surface area contributed by atoms with E-state index in [4.69, 9.17) is 65.5 Å². The summed E-state index contributed by atoms with van der Waals surface area (Å²) in [5, 5.41) is 5.08. The second-order valence-corrected chi connectivity index (χ2v) is 10.6. The summed E-state index contributed by atoms with van der Waals surface area (Å²) in [5.41, 5.74) is 2.52. The fourth-order valence-electron chi connectivity index (χ4n) is 3.24. The Kier molecular flexibility index (Phi) is 13.0. The maximum atomic E-state index is 6.31. The van der Waals surface area contributed by atoms with Crippen molar-refractivity contribution in [3.63, 3.8) is 0 Å². The first-order valence-corrected chi connectivity index (χ1v) is 13.9. The van der Waals surface area contributed by atoms with Crippen LogP contribution >= 0.6 is 46.4 Å². The second kappa shape index (κ2) is 16.5. The Bertz CT molecular complexity index is 1210. The van der Waals surface area contributed by atoms with Gasteiger partial charge >= 0.3 is 0 Å². The van der Waals surface area contributed by atoms with Gasteiger partial charge in [0.2, 0.25) is 5.88 Å². The zero-order valence-electron chi connectivity index (χ0n) is 21.7. The Morgan fingerprint density at radius 2 is 1.59 bits per heavy atom. The van der Waals surface area contributed by atoms with E-state index in [0.29, 0.717) is 53.2 Å². The molecule has 0 bridgehead atoms. The average Bonchev–Trinajstić information content (AvgIpc) is 2.90. The van der Waals surface area contributed by atoms with Crippen molar-refractivity contribution in [3.8, 4) is 17.4 Å². The Morgan fingerprint density at radius 1 is 0.897 bits per heavy atom. The number of unbranched alkanes of at least 4 members (excludes halogenated alkanes) is 1. The van der Waals surface area contributed by atoms with Gasteiger partial charge in [0.05, 0.1) is 23.3 Å². The number of halogens is 4. The number of hydrogen-bond donors (Lipinski definition) is 0. The normalized spacial score (nSPS) is 11.3. The zero-order valence-corrected chi connectivity index (χ0v) is 24.7. The van der Waals surface area contributed by atoms with E-state index in [1.54, 1.807) is 18.3 Å². The molecule has 0 spiro atoms. The summed E-state index contributed by atoms with van der Waals surface area (Å²) in [6.45, 7) is 5.80. The monoisotopic (exact) mass is 610 g/mol. The third-order valence-corrected chi connectivity index (χ3v) is 5.99. The van der Waals surface area contributed by atoms with Crippen LogP contribution in [0.2, 0.25) is 10.0 Å². The maximum absolute atomic E-state index is 6.31. The second-order valence-electron chi connectivity index (χ2n) is 8.81. The van der Waals surface area contributed by atoms with Crippen molar-refractivity contribution in [2.75, 3.05) is 26.4 Å². The van der Waals surface area contributed by atoms with Crippen LogP contribution in [-0.2, 0) is 4.84 Å². The van der Waals surface area contributed by atoms with Crippen LogP contribution in [0.25, 0.3) is 0 Å². The van der Waals surface area contributed by atoms with Crippen LogP contribution in [-0.4, -0.2) is 37.1 Å². The fourth-order valence-corrected chi connectivity index (χ4v) is 3.94. The molecule has 6 nitrogen and oxygen atoms in total. The molecule has 0 atom stereocenters. The van der Waals surface area contributed by atoms with Gasteiger partial charge in [0, 0.05) is 35.5 Å². The van der Waals surface area contributed by atoms with E-state index >= 15 is 0 Å². The summed E-state index contributed by atoms with van der Waals surface area (Å²) in [5.74, 6) is 1.80. The smallest absolute Gasteiger partial charge is 0.213 e. The number of pyridine rings is 1. The molecule has 10 heteroatoms. The lowest BCUT2D eigenvalue weighted by atomic mass is 10.0. The van der Waals surface area contributed by atoms with Crippen molar-refractivity contribution < 1.29 is 19.0 Å². The highest BCUT2D eigenvalue weighted by Crippen LogP contribution is 2.37. The molecule has 3 aromatic rings. The summed E-state index contributed by atoms with van der Waals surface area (Å²) in [4.78, 5) is 10.00. The van der Waals surface area contributed by atoms with E-state index in [1.165, 1.54) is 6.08 Å². The van der Waals surface area contributed by atoms with Crippen LogP contribution in [0.3, 0.4) is 0 Å². The number of nitrogens with zero attached hydrogens (tertiary/aromatic N) is 2. The first kappa shape index (κ1) is 30.9. The molecule has 2 aromatic carbocycles. The van der Waals surface area contributed by atoms with Gasteiger partial charge in [-0.1, -0.05) is 95.7 Å². The van der Waals surface area contributed by atoms with Crippen LogP contribution in [0.4, 0.5) is 0 Å². The van der Waals surface area contributed by atoms with Crippen molar-refractivity contribution in [1.29, 1.82) is 0 Å². The van der Waals surface area contributed by atoms with Crippen molar-refractivity contribution in [2.24, 2.45) is 11.1 Å². The molecule has 0 N–H and O–H groups in total. The number of aromatic nitrogens is 1. The number of ether oxygens (including phenoxy) is 3. The summed E-state index contributed by atoms with van der Waals surface area (Å²) < 4.78 is 17.2. The van der Waals surface area contributed by atoms with Crippen LogP contribution in [0.5, 0.6) is 17.4 Å². The minimum Gasteiger partial charge on any atom is -0.490 e. The highest BCUT2D eigenvalue weighted by atomic mass is 35.5. The van der Waals surface area contributed by atoms with Gasteiger partial charge in [0.15, 0.2) is 5.75 Å². The Balaban J connectivity index is 1.46. The number of oxime groups is 1. The van der Waals surface area contributed by atoms with E-state index in [0.717, 1.165) is 29.7 Å². The third-order valence-electron chi connectivity index (χ3n) is 5.12. The summed E-state index contributed by atoms with van der Waals surface area (Å²) >= 11 is 23.8. The lowest BCUT2D eigenvalue weighted by Crippen LogP contribution is -2.08. The van der Waals surface area contributed by atoms with Crippen molar-refractivity contribution >= 4 is 52.1 Å². The summed E-state index contributed by atoms with van der Waals surface area (Å²) in [7, 11) is 0. The molecule has 0 fully saturated rings. The largest absolute Gasteiger partial charge is 0.490 e. The van der Waals surface area contributed by atoms with Crippen LogP contribution < -0.4 is 14.2 Å². The van der Waals surface area contributed by atoms with Crippen LogP contribution in [0, 0.1) is 5.92 Å². The molecular formula is C29H30Cl4N2O4. The molecule has 1 aromatic heterocycles. The molecule has 0 aliphatic carbocycles. The molecule has 39 heavy (non-hydrogen) atoms. The summed E-state index contributed by atoms with van der Waals surface area (Å²) in [6, 6.07) is 16.9. The molecule has 0 amide bonds. The highest BCUT2D eigenvalue weighted by molar-refractivity contribution is 6.55. The van der Waals surface area contributed by atoms with E-state index in [2.05, 4.69) is 24.0 Å². The van der Waals surface area contributed by atoms with Crippen molar-refractivity contribution in [2.45, 2.75) is 26.7 Å². The molecule has 0 saturated carbocycles. The van der Waals surface area contributed by atoms with E-state index in [9.17, 15) is 0 Å². The number of rotatable bonds is 15. The van der Waals surface area contributed by atoms with Gasteiger partial charge in [-0.25, -0.2) is 4.98 Å². The minimum absolute atomic E-state index is 0.123. The SMILES string of the molecule is CC(C)CON=C(c1ccccc1)c1ccc(OCCCCOc2c(Cl)cc(OCC=C(Cl)Cl)cc2Cl)nc1. The predicted molar refractivity (Wildman–Crippen MR) is 159 cm³/mol. The molecule has 0 radical (unpaired) electrons. The first-order valence-electron chi connectivity index (χ1n) is 12.4. The predicted octanol–water partition coefficient (Wildman–Crippen LogP) is 8.75. The van der Waals surface area contributed by atoms with E-state index in [-0.39, 0.29) is 11.1 Å². The van der Waals surface area contributed by atoms with Gasteiger partial charge in [-0.15, -0.1) is 0 Å². The average molecular weight is 612 g/mol. The van der Waals surface area contributed by atoms with Crippen LogP contribution in [0.1, 0.15) is 37.8 Å². The zero-order chi connectivity index (χ0) is 28.0. The van der Waals surface area contributed by atoms with Crippen LogP contribution in [0.15, 0.2) is 76.5 Å². The lowest BCUT2D eigenvalue weighted by molar-refractivity contribution is 0.118. The van der Waals surface area contributed by atoms with Gasteiger partial charge in [-0.2, -0.15) is 0 Å². The molecular weight excluding hydrogens is 582 g/mol. The van der Waals surface area contributed by atoms with E-state index < -0.39 is 0 Å². The quantitative estimate of drug-likeness (QED) is 0.0976. The Labute approximate surface area is 249 Å². The molecule has 208 valence electrons. The van der Waals surface area contributed by atoms with Gasteiger partial charge < -0.3 is 19.0 Å².